The third-order valence-electron chi connectivity index (χ3n) is 3.73. The second-order valence-electron chi connectivity index (χ2n) is 5.54. The fourth-order valence-electron chi connectivity index (χ4n) is 2.52. The summed E-state index contributed by atoms with van der Waals surface area (Å²) in [6, 6.07) is 5.13. The van der Waals surface area contributed by atoms with Crippen molar-refractivity contribution in [2.24, 2.45) is 0 Å². The summed E-state index contributed by atoms with van der Waals surface area (Å²) < 4.78 is 5.06. The van der Waals surface area contributed by atoms with E-state index in [9.17, 15) is 9.59 Å². The third kappa shape index (κ3) is 4.40. The van der Waals surface area contributed by atoms with Gasteiger partial charge in [-0.15, -0.1) is 11.8 Å². The second-order valence-corrected chi connectivity index (χ2v) is 7.77. The van der Waals surface area contributed by atoms with Gasteiger partial charge in [0.15, 0.2) is 5.78 Å². The molecule has 0 spiro atoms. The molecule has 0 bridgehead atoms. The highest BCUT2D eigenvalue weighted by molar-refractivity contribution is 8.00. The van der Waals surface area contributed by atoms with Crippen LogP contribution in [0.1, 0.15) is 46.0 Å². The number of esters is 1. The Balaban J connectivity index is 2.27. The van der Waals surface area contributed by atoms with Crippen LogP contribution in [-0.2, 0) is 4.74 Å². The smallest absolute Gasteiger partial charge is 0.340 e. The van der Waals surface area contributed by atoms with E-state index in [1.807, 2.05) is 0 Å². The van der Waals surface area contributed by atoms with E-state index in [4.69, 9.17) is 27.9 Å². The molecule has 0 amide bonds. The van der Waals surface area contributed by atoms with E-state index < -0.39 is 11.2 Å². The Labute approximate surface area is 161 Å². The molecule has 0 fully saturated rings. The van der Waals surface area contributed by atoms with Gasteiger partial charge < -0.3 is 9.72 Å². The highest BCUT2D eigenvalue weighted by Crippen LogP contribution is 2.34. The van der Waals surface area contributed by atoms with E-state index in [1.54, 1.807) is 45.9 Å². The summed E-state index contributed by atoms with van der Waals surface area (Å²) in [6.07, 6.45) is 0. The van der Waals surface area contributed by atoms with Gasteiger partial charge in [-0.1, -0.05) is 23.2 Å². The molecule has 2 rings (SSSR count). The first-order valence-electron chi connectivity index (χ1n) is 7.78. The number of aromatic amines is 1. The van der Waals surface area contributed by atoms with E-state index in [0.29, 0.717) is 32.6 Å². The standard InChI is InChI=1S/C18H19Cl2NO3S/c1-5-24-18(23)15-9(2)16(21-10(15)3)17(22)11(4)25-14-8-12(19)6-7-13(14)20/h6-8,11,21H,5H2,1-4H3/t11-/m0/s1. The highest BCUT2D eigenvalue weighted by atomic mass is 35.5. The molecule has 1 heterocycles. The van der Waals surface area contributed by atoms with E-state index in [2.05, 4.69) is 4.98 Å². The van der Waals surface area contributed by atoms with Gasteiger partial charge in [0.05, 0.1) is 28.1 Å². The largest absolute Gasteiger partial charge is 0.462 e. The van der Waals surface area contributed by atoms with Crippen molar-refractivity contribution in [3.8, 4) is 0 Å². The van der Waals surface area contributed by atoms with Crippen LogP contribution in [0, 0.1) is 13.8 Å². The lowest BCUT2D eigenvalue weighted by molar-refractivity contribution is 0.0525. The van der Waals surface area contributed by atoms with Gasteiger partial charge in [0.1, 0.15) is 0 Å². The lowest BCUT2D eigenvalue weighted by Gasteiger charge is -2.12. The lowest BCUT2D eigenvalue weighted by Crippen LogP contribution is -2.15. The number of carbonyl (C=O) groups is 2. The predicted molar refractivity (Wildman–Crippen MR) is 102 cm³/mol. The number of aryl methyl sites for hydroxylation is 1. The predicted octanol–water partition coefficient (Wildman–Crippen LogP) is 5.48. The zero-order valence-corrected chi connectivity index (χ0v) is 16.7. The molecule has 134 valence electrons. The minimum atomic E-state index is -0.425. The maximum atomic E-state index is 12.8. The first kappa shape index (κ1) is 19.9. The molecule has 4 nitrogen and oxygen atoms in total. The number of halogens is 2. The molecule has 7 heteroatoms. The zero-order valence-electron chi connectivity index (χ0n) is 14.4. The van der Waals surface area contributed by atoms with Crippen LogP contribution in [-0.4, -0.2) is 28.6 Å². The fourth-order valence-corrected chi connectivity index (χ4v) is 3.99. The van der Waals surface area contributed by atoms with E-state index >= 15 is 0 Å². The number of hydrogen-bond donors (Lipinski definition) is 1. The molecule has 2 aromatic rings. The summed E-state index contributed by atoms with van der Waals surface area (Å²) in [6.45, 7) is 7.32. The summed E-state index contributed by atoms with van der Waals surface area (Å²) in [5, 5.41) is 0.700. The van der Waals surface area contributed by atoms with Gasteiger partial charge >= 0.3 is 5.97 Å². The second kappa shape index (κ2) is 8.30. The van der Waals surface area contributed by atoms with Crippen molar-refractivity contribution in [1.82, 2.24) is 4.98 Å². The number of ketones is 1. The van der Waals surface area contributed by atoms with E-state index in [0.717, 1.165) is 4.90 Å². The molecular formula is C18H19Cl2NO3S. The number of nitrogens with one attached hydrogen (secondary N) is 1. The van der Waals surface area contributed by atoms with Gasteiger partial charge in [-0.05, 0) is 51.5 Å². The number of Topliss-reactive ketones (excluding diaryl/α,β-unsaturated/α-hetero) is 1. The lowest BCUT2D eigenvalue weighted by atomic mass is 10.1. The van der Waals surface area contributed by atoms with Crippen molar-refractivity contribution < 1.29 is 14.3 Å². The van der Waals surface area contributed by atoms with Crippen molar-refractivity contribution in [1.29, 1.82) is 0 Å². The highest BCUT2D eigenvalue weighted by Gasteiger charge is 2.26. The Morgan fingerprint density at radius 2 is 1.96 bits per heavy atom. The molecule has 1 aromatic carbocycles. The van der Waals surface area contributed by atoms with Crippen molar-refractivity contribution in [3.63, 3.8) is 0 Å². The number of ether oxygens (including phenoxy) is 1. The Bertz CT molecular complexity index is 817. The van der Waals surface area contributed by atoms with Crippen LogP contribution in [0.4, 0.5) is 0 Å². The average Bonchev–Trinajstić information content (AvgIpc) is 2.85. The summed E-state index contributed by atoms with van der Waals surface area (Å²) in [5.74, 6) is -0.539. The third-order valence-corrected chi connectivity index (χ3v) is 5.57. The number of hydrogen-bond acceptors (Lipinski definition) is 4. The van der Waals surface area contributed by atoms with Crippen molar-refractivity contribution in [2.45, 2.75) is 37.8 Å². The molecule has 0 aliphatic carbocycles. The molecule has 0 unspecified atom stereocenters. The summed E-state index contributed by atoms with van der Waals surface area (Å²) in [5.41, 5.74) is 2.06. The monoisotopic (exact) mass is 399 g/mol. The minimum Gasteiger partial charge on any atom is -0.462 e. The molecule has 1 aromatic heterocycles. The van der Waals surface area contributed by atoms with Crippen LogP contribution in [0.5, 0.6) is 0 Å². The van der Waals surface area contributed by atoms with Gasteiger partial charge in [0.25, 0.3) is 0 Å². The molecule has 0 saturated heterocycles. The van der Waals surface area contributed by atoms with Gasteiger partial charge in [0.2, 0.25) is 0 Å². The minimum absolute atomic E-state index is 0.114. The normalized spacial score (nSPS) is 12.1. The zero-order chi connectivity index (χ0) is 18.7. The number of H-pyrrole nitrogens is 1. The van der Waals surface area contributed by atoms with Gasteiger partial charge in [-0.25, -0.2) is 4.79 Å². The topological polar surface area (TPSA) is 59.2 Å². The molecule has 25 heavy (non-hydrogen) atoms. The molecule has 0 aliphatic rings. The van der Waals surface area contributed by atoms with E-state index in [-0.39, 0.29) is 12.4 Å². The number of benzene rings is 1. The van der Waals surface area contributed by atoms with E-state index in [1.165, 1.54) is 11.8 Å². The average molecular weight is 400 g/mol. The Morgan fingerprint density at radius 1 is 1.28 bits per heavy atom. The van der Waals surface area contributed by atoms with Crippen molar-refractivity contribution in [2.75, 3.05) is 6.61 Å². The molecular weight excluding hydrogens is 381 g/mol. The number of rotatable bonds is 6. The first-order chi connectivity index (χ1) is 11.8. The van der Waals surface area contributed by atoms with Crippen LogP contribution >= 0.6 is 35.0 Å². The SMILES string of the molecule is CCOC(=O)c1c(C)[nH]c(C(=O)[C@H](C)Sc2cc(Cl)ccc2Cl)c1C. The summed E-state index contributed by atoms with van der Waals surface area (Å²) in [4.78, 5) is 28.7. The van der Waals surface area contributed by atoms with Gasteiger partial charge in [0, 0.05) is 15.6 Å². The molecule has 1 N–H and O–H groups in total. The van der Waals surface area contributed by atoms with Crippen LogP contribution < -0.4 is 0 Å². The van der Waals surface area contributed by atoms with Crippen LogP contribution in [0.15, 0.2) is 23.1 Å². The molecule has 0 saturated carbocycles. The number of thioether (sulfide) groups is 1. The maximum absolute atomic E-state index is 12.8. The molecule has 0 radical (unpaired) electrons. The van der Waals surface area contributed by atoms with Crippen molar-refractivity contribution in [3.05, 3.63) is 50.8 Å². The van der Waals surface area contributed by atoms with Crippen molar-refractivity contribution >= 4 is 46.7 Å². The maximum Gasteiger partial charge on any atom is 0.340 e. The Morgan fingerprint density at radius 3 is 2.60 bits per heavy atom. The number of aromatic nitrogens is 1. The molecule has 0 aliphatic heterocycles. The Kier molecular flexibility index (Phi) is 6.60. The summed E-state index contributed by atoms with van der Waals surface area (Å²) in [7, 11) is 0. The Hall–Kier alpha value is -1.43. The van der Waals surface area contributed by atoms with Gasteiger partial charge in [-0.2, -0.15) is 0 Å². The quantitative estimate of drug-likeness (QED) is 0.396. The van der Waals surface area contributed by atoms with Crippen LogP contribution in [0.2, 0.25) is 10.0 Å². The van der Waals surface area contributed by atoms with Crippen LogP contribution in [0.25, 0.3) is 0 Å². The molecule has 1 atom stereocenters. The first-order valence-corrected chi connectivity index (χ1v) is 9.42. The summed E-state index contributed by atoms with van der Waals surface area (Å²) >= 11 is 13.5. The fraction of sp³-hybridized carbons (Fsp3) is 0.333. The van der Waals surface area contributed by atoms with Gasteiger partial charge in [-0.3, -0.25) is 4.79 Å². The number of carbonyl (C=O) groups excluding carboxylic acids is 2. The van der Waals surface area contributed by atoms with Crippen LogP contribution in [0.3, 0.4) is 0 Å².